The van der Waals surface area contributed by atoms with Gasteiger partial charge in [-0.3, -0.25) is 4.68 Å². The third-order valence-electron chi connectivity index (χ3n) is 4.37. The van der Waals surface area contributed by atoms with E-state index >= 15 is 0 Å². The summed E-state index contributed by atoms with van der Waals surface area (Å²) in [6.45, 7) is 9.05. The number of hydrogen-bond acceptors (Lipinski definition) is 3. The predicted molar refractivity (Wildman–Crippen MR) is 81.1 cm³/mol. The third kappa shape index (κ3) is 3.37. The van der Waals surface area contributed by atoms with Crippen molar-refractivity contribution in [1.82, 2.24) is 20.3 Å². The Morgan fingerprint density at radius 2 is 2.21 bits per heavy atom. The van der Waals surface area contributed by atoms with Gasteiger partial charge in [0.25, 0.3) is 0 Å². The van der Waals surface area contributed by atoms with Crippen LogP contribution in [-0.2, 0) is 7.05 Å². The van der Waals surface area contributed by atoms with E-state index in [1.54, 1.807) is 0 Å². The molecule has 0 spiro atoms. The molecule has 2 rings (SSSR count). The largest absolute Gasteiger partial charge is 0.317 e. The van der Waals surface area contributed by atoms with E-state index < -0.39 is 0 Å². The molecule has 1 aromatic heterocycles. The molecule has 19 heavy (non-hydrogen) atoms. The lowest BCUT2D eigenvalue weighted by Gasteiger charge is -2.41. The number of rotatable bonds is 4. The van der Waals surface area contributed by atoms with Gasteiger partial charge in [0.1, 0.15) is 0 Å². The number of nitrogens with one attached hydrogen (secondary N) is 1. The molecule has 0 bridgehead atoms. The van der Waals surface area contributed by atoms with Crippen LogP contribution in [0.15, 0.2) is 4.60 Å². The van der Waals surface area contributed by atoms with Crippen molar-refractivity contribution in [2.45, 2.75) is 46.0 Å². The maximum Gasteiger partial charge on any atom is 0.151 e. The van der Waals surface area contributed by atoms with Gasteiger partial charge in [-0.25, -0.2) is 0 Å². The molecule has 1 aromatic rings. The van der Waals surface area contributed by atoms with Gasteiger partial charge in [0.2, 0.25) is 0 Å². The zero-order valence-electron chi connectivity index (χ0n) is 12.4. The fourth-order valence-corrected chi connectivity index (χ4v) is 3.89. The van der Waals surface area contributed by atoms with Crippen LogP contribution in [-0.4, -0.2) is 28.1 Å². The van der Waals surface area contributed by atoms with E-state index in [9.17, 15) is 0 Å². The Bertz CT molecular complexity index is 408. The second-order valence-electron chi connectivity index (χ2n) is 6.47. The Morgan fingerprint density at radius 3 is 2.79 bits per heavy atom. The SMILES string of the molecule is CCNCC1CCC(C)(C)CC1c1c(Br)nnn1C. The summed E-state index contributed by atoms with van der Waals surface area (Å²) in [6.07, 6.45) is 3.80. The molecule has 0 saturated heterocycles. The molecule has 0 aliphatic heterocycles. The fourth-order valence-electron chi connectivity index (χ4n) is 3.27. The highest BCUT2D eigenvalue weighted by Crippen LogP contribution is 2.47. The molecule has 1 fully saturated rings. The van der Waals surface area contributed by atoms with Gasteiger partial charge in [-0.1, -0.05) is 26.0 Å². The van der Waals surface area contributed by atoms with Crippen molar-refractivity contribution in [3.05, 3.63) is 10.3 Å². The summed E-state index contributed by atoms with van der Waals surface area (Å²) >= 11 is 3.57. The number of aryl methyl sites for hydroxylation is 1. The fraction of sp³-hybridized carbons (Fsp3) is 0.857. The van der Waals surface area contributed by atoms with Gasteiger partial charge in [-0.2, -0.15) is 0 Å². The Hall–Kier alpha value is -0.420. The average molecular weight is 329 g/mol. The summed E-state index contributed by atoms with van der Waals surface area (Å²) in [7, 11) is 2.00. The van der Waals surface area contributed by atoms with Crippen LogP contribution in [0.3, 0.4) is 0 Å². The molecular weight excluding hydrogens is 304 g/mol. The van der Waals surface area contributed by atoms with Gasteiger partial charge in [0.05, 0.1) is 5.69 Å². The first kappa shape index (κ1) is 15.0. The van der Waals surface area contributed by atoms with Crippen LogP contribution in [0.5, 0.6) is 0 Å². The zero-order valence-corrected chi connectivity index (χ0v) is 14.0. The van der Waals surface area contributed by atoms with E-state index in [0.717, 1.165) is 17.7 Å². The molecule has 1 saturated carbocycles. The molecule has 2 unspecified atom stereocenters. The molecule has 1 aliphatic carbocycles. The van der Waals surface area contributed by atoms with Crippen LogP contribution in [0, 0.1) is 11.3 Å². The third-order valence-corrected chi connectivity index (χ3v) is 4.93. The molecule has 5 heteroatoms. The maximum atomic E-state index is 4.16. The Labute approximate surface area is 124 Å². The van der Waals surface area contributed by atoms with Crippen LogP contribution < -0.4 is 5.32 Å². The summed E-state index contributed by atoms with van der Waals surface area (Å²) in [5, 5.41) is 11.8. The first-order valence-electron chi connectivity index (χ1n) is 7.20. The Kier molecular flexibility index (Phi) is 4.66. The minimum atomic E-state index is 0.414. The number of aromatic nitrogens is 3. The molecule has 108 valence electrons. The number of hydrogen-bond donors (Lipinski definition) is 1. The van der Waals surface area contributed by atoms with Gasteiger partial charge >= 0.3 is 0 Å². The maximum absolute atomic E-state index is 4.16. The van der Waals surface area contributed by atoms with E-state index in [0.29, 0.717) is 17.3 Å². The average Bonchev–Trinajstić information content (AvgIpc) is 2.67. The van der Waals surface area contributed by atoms with E-state index in [4.69, 9.17) is 0 Å². The number of halogens is 1. The molecule has 4 nitrogen and oxygen atoms in total. The van der Waals surface area contributed by atoms with Crippen molar-refractivity contribution in [2.75, 3.05) is 13.1 Å². The lowest BCUT2D eigenvalue weighted by atomic mass is 9.66. The summed E-state index contributed by atoms with van der Waals surface area (Å²) in [6, 6.07) is 0. The monoisotopic (exact) mass is 328 g/mol. The van der Waals surface area contributed by atoms with Crippen molar-refractivity contribution >= 4 is 15.9 Å². The summed E-state index contributed by atoms with van der Waals surface area (Å²) in [5.41, 5.74) is 1.67. The van der Waals surface area contributed by atoms with E-state index in [1.807, 2.05) is 11.7 Å². The first-order chi connectivity index (χ1) is 8.94. The van der Waals surface area contributed by atoms with Gasteiger partial charge in [0, 0.05) is 13.0 Å². The van der Waals surface area contributed by atoms with Crippen molar-refractivity contribution in [1.29, 1.82) is 0 Å². The van der Waals surface area contributed by atoms with E-state index in [1.165, 1.54) is 25.0 Å². The minimum Gasteiger partial charge on any atom is -0.317 e. The quantitative estimate of drug-likeness (QED) is 0.923. The van der Waals surface area contributed by atoms with Gasteiger partial charge in [-0.05, 0) is 59.6 Å². The minimum absolute atomic E-state index is 0.414. The Morgan fingerprint density at radius 1 is 1.47 bits per heavy atom. The highest BCUT2D eigenvalue weighted by atomic mass is 79.9. The summed E-state index contributed by atoms with van der Waals surface area (Å²) in [5.74, 6) is 1.22. The summed E-state index contributed by atoms with van der Waals surface area (Å²) < 4.78 is 2.86. The predicted octanol–water partition coefficient (Wildman–Crippen LogP) is 3.10. The normalized spacial score (nSPS) is 26.6. The van der Waals surface area contributed by atoms with Crippen molar-refractivity contribution in [3.63, 3.8) is 0 Å². The molecule has 0 amide bonds. The highest BCUT2D eigenvalue weighted by molar-refractivity contribution is 9.10. The van der Waals surface area contributed by atoms with Crippen LogP contribution in [0.2, 0.25) is 0 Å². The van der Waals surface area contributed by atoms with Crippen molar-refractivity contribution in [3.8, 4) is 0 Å². The highest BCUT2D eigenvalue weighted by Gasteiger charge is 2.38. The van der Waals surface area contributed by atoms with E-state index in [-0.39, 0.29) is 0 Å². The van der Waals surface area contributed by atoms with Gasteiger partial charge in [-0.15, -0.1) is 5.10 Å². The second-order valence-corrected chi connectivity index (χ2v) is 7.22. The first-order valence-corrected chi connectivity index (χ1v) is 7.99. The van der Waals surface area contributed by atoms with Crippen LogP contribution in [0.4, 0.5) is 0 Å². The molecule has 2 atom stereocenters. The van der Waals surface area contributed by atoms with Gasteiger partial charge in [0.15, 0.2) is 4.60 Å². The lowest BCUT2D eigenvalue weighted by Crippen LogP contribution is -2.35. The van der Waals surface area contributed by atoms with Crippen LogP contribution >= 0.6 is 15.9 Å². The summed E-state index contributed by atoms with van der Waals surface area (Å²) in [4.78, 5) is 0. The zero-order chi connectivity index (χ0) is 14.0. The van der Waals surface area contributed by atoms with Crippen LogP contribution in [0.25, 0.3) is 0 Å². The topological polar surface area (TPSA) is 42.7 Å². The molecule has 1 heterocycles. The number of nitrogens with zero attached hydrogens (tertiary/aromatic N) is 3. The standard InChI is InChI=1S/C14H25BrN4/c1-5-16-9-10-6-7-14(2,3)8-11(10)12-13(15)17-18-19(12)4/h10-11,16H,5-9H2,1-4H3. The Balaban J connectivity index is 2.25. The van der Waals surface area contributed by atoms with Gasteiger partial charge < -0.3 is 5.32 Å². The molecule has 0 aromatic carbocycles. The van der Waals surface area contributed by atoms with Crippen molar-refractivity contribution < 1.29 is 0 Å². The molecule has 1 aliphatic rings. The molecule has 1 N–H and O–H groups in total. The van der Waals surface area contributed by atoms with E-state index in [2.05, 4.69) is 52.3 Å². The second kappa shape index (κ2) is 5.92. The van der Waals surface area contributed by atoms with Crippen molar-refractivity contribution in [2.24, 2.45) is 18.4 Å². The smallest absolute Gasteiger partial charge is 0.151 e. The molecular formula is C14H25BrN4. The lowest BCUT2D eigenvalue weighted by molar-refractivity contribution is 0.155. The molecule has 0 radical (unpaired) electrons. The van der Waals surface area contributed by atoms with Crippen LogP contribution in [0.1, 0.15) is 51.6 Å².